The second-order valence-electron chi connectivity index (χ2n) is 7.10. The topological polar surface area (TPSA) is 68.8 Å². The molecule has 0 radical (unpaired) electrons. The summed E-state index contributed by atoms with van der Waals surface area (Å²) in [5, 5.41) is 12.0. The fourth-order valence-electron chi connectivity index (χ4n) is 3.48. The number of aromatic nitrogens is 5. The molecule has 4 rings (SSSR count). The molecule has 3 heterocycles. The number of halogens is 3. The first-order valence-electron chi connectivity index (χ1n) is 9.14. The van der Waals surface area contributed by atoms with Gasteiger partial charge < -0.3 is 9.47 Å². The number of carbonyl (C=O) groups is 1. The molecule has 2 aromatic heterocycles. The Morgan fingerprint density at radius 3 is 2.62 bits per heavy atom. The smallest absolute Gasteiger partial charge is 0.334 e. The number of hydrogen-bond acceptors (Lipinski definition) is 4. The standard InChI is InChI=1S/C19H19F3N6O/c1-12-5-7-13(8-6-12)28-17(19(20,21)22)14(10-23-28)18(29)26(2)11-16-25-24-15-4-3-9-27(15)16/h5-8,10H,3-4,9,11H2,1-2H3. The van der Waals surface area contributed by atoms with Crippen LogP contribution >= 0.6 is 0 Å². The molecule has 1 aliphatic heterocycles. The van der Waals surface area contributed by atoms with Crippen LogP contribution in [-0.4, -0.2) is 42.4 Å². The number of alkyl halides is 3. The van der Waals surface area contributed by atoms with Crippen molar-refractivity contribution in [3.05, 3.63) is 58.9 Å². The Bertz CT molecular complexity index is 1050. The Kier molecular flexibility index (Phi) is 4.64. The van der Waals surface area contributed by atoms with Gasteiger partial charge in [0.15, 0.2) is 11.5 Å². The maximum absolute atomic E-state index is 13.8. The number of rotatable bonds is 4. The van der Waals surface area contributed by atoms with Crippen molar-refractivity contribution in [3.63, 3.8) is 0 Å². The highest BCUT2D eigenvalue weighted by molar-refractivity contribution is 5.95. The van der Waals surface area contributed by atoms with E-state index in [2.05, 4.69) is 15.3 Å². The average molecular weight is 404 g/mol. The third-order valence-corrected chi connectivity index (χ3v) is 4.96. The molecule has 0 atom stereocenters. The lowest BCUT2D eigenvalue weighted by atomic mass is 10.2. The largest absolute Gasteiger partial charge is 0.434 e. The molecule has 1 aromatic carbocycles. The van der Waals surface area contributed by atoms with Gasteiger partial charge in [-0.15, -0.1) is 10.2 Å². The van der Waals surface area contributed by atoms with E-state index >= 15 is 0 Å². The minimum absolute atomic E-state index is 0.0683. The SMILES string of the molecule is Cc1ccc(-n2ncc(C(=O)N(C)Cc3nnc4n3CCC4)c2C(F)(F)F)cc1. The molecule has 0 aliphatic carbocycles. The summed E-state index contributed by atoms with van der Waals surface area (Å²) in [6.07, 6.45) is -2.03. The number of amides is 1. The van der Waals surface area contributed by atoms with Gasteiger partial charge in [0.05, 0.1) is 24.0 Å². The van der Waals surface area contributed by atoms with Crippen LogP contribution in [0.5, 0.6) is 0 Å². The van der Waals surface area contributed by atoms with Crippen LogP contribution in [-0.2, 0) is 25.7 Å². The van der Waals surface area contributed by atoms with Crippen molar-refractivity contribution in [3.8, 4) is 5.69 Å². The van der Waals surface area contributed by atoms with Gasteiger partial charge in [0, 0.05) is 20.0 Å². The van der Waals surface area contributed by atoms with Crippen LogP contribution in [0.15, 0.2) is 30.5 Å². The number of hydrogen-bond donors (Lipinski definition) is 0. The lowest BCUT2D eigenvalue weighted by molar-refractivity contribution is -0.143. The molecule has 0 bridgehead atoms. The van der Waals surface area contributed by atoms with Crippen molar-refractivity contribution in [2.45, 2.75) is 39.0 Å². The summed E-state index contributed by atoms with van der Waals surface area (Å²) >= 11 is 0. The molecule has 7 nitrogen and oxygen atoms in total. The molecule has 0 unspecified atom stereocenters. The Morgan fingerprint density at radius 1 is 1.21 bits per heavy atom. The van der Waals surface area contributed by atoms with Gasteiger partial charge in [0.1, 0.15) is 5.82 Å². The van der Waals surface area contributed by atoms with E-state index in [0.29, 0.717) is 5.82 Å². The molecular formula is C19H19F3N6O. The van der Waals surface area contributed by atoms with E-state index in [-0.39, 0.29) is 12.2 Å². The molecule has 3 aromatic rings. The van der Waals surface area contributed by atoms with Gasteiger partial charge >= 0.3 is 6.18 Å². The zero-order valence-corrected chi connectivity index (χ0v) is 15.9. The summed E-state index contributed by atoms with van der Waals surface area (Å²) in [6, 6.07) is 6.46. The molecule has 0 spiro atoms. The Labute approximate surface area is 164 Å². The van der Waals surface area contributed by atoms with Crippen LogP contribution in [0.4, 0.5) is 13.2 Å². The summed E-state index contributed by atoms with van der Waals surface area (Å²) < 4.78 is 44.2. The van der Waals surface area contributed by atoms with E-state index in [0.717, 1.165) is 41.7 Å². The second kappa shape index (κ2) is 7.02. The number of aryl methyl sites for hydroxylation is 2. The van der Waals surface area contributed by atoms with Crippen LogP contribution in [0, 0.1) is 6.92 Å². The molecule has 0 fully saturated rings. The summed E-state index contributed by atoms with van der Waals surface area (Å²) in [7, 11) is 1.45. The first kappa shape index (κ1) is 19.2. The van der Waals surface area contributed by atoms with Crippen LogP contribution in [0.3, 0.4) is 0 Å². The van der Waals surface area contributed by atoms with E-state index < -0.39 is 23.3 Å². The lowest BCUT2D eigenvalue weighted by Crippen LogP contribution is -2.29. The highest BCUT2D eigenvalue weighted by Crippen LogP contribution is 2.34. The highest BCUT2D eigenvalue weighted by Gasteiger charge is 2.41. The van der Waals surface area contributed by atoms with E-state index in [1.54, 1.807) is 12.1 Å². The quantitative estimate of drug-likeness (QED) is 0.670. The number of carbonyl (C=O) groups excluding carboxylic acids is 1. The van der Waals surface area contributed by atoms with Crippen molar-refractivity contribution < 1.29 is 18.0 Å². The van der Waals surface area contributed by atoms with Gasteiger partial charge in [0.2, 0.25) is 0 Å². The predicted molar refractivity (Wildman–Crippen MR) is 97.4 cm³/mol. The Morgan fingerprint density at radius 2 is 1.93 bits per heavy atom. The molecule has 0 saturated carbocycles. The van der Waals surface area contributed by atoms with Crippen molar-refractivity contribution in [1.29, 1.82) is 0 Å². The molecule has 29 heavy (non-hydrogen) atoms. The van der Waals surface area contributed by atoms with Gasteiger partial charge in [-0.2, -0.15) is 18.3 Å². The normalized spacial score (nSPS) is 13.6. The minimum Gasteiger partial charge on any atom is -0.334 e. The van der Waals surface area contributed by atoms with Crippen molar-refractivity contribution >= 4 is 5.91 Å². The fourth-order valence-corrected chi connectivity index (χ4v) is 3.48. The van der Waals surface area contributed by atoms with E-state index in [4.69, 9.17) is 0 Å². The molecule has 1 aliphatic rings. The monoisotopic (exact) mass is 404 g/mol. The average Bonchev–Trinajstić information content (AvgIpc) is 3.37. The number of benzene rings is 1. The Hall–Kier alpha value is -3.17. The minimum atomic E-state index is -4.75. The van der Waals surface area contributed by atoms with Crippen LogP contribution in [0.2, 0.25) is 0 Å². The Balaban J connectivity index is 1.66. The summed E-state index contributed by atoms with van der Waals surface area (Å²) in [5.41, 5.74) is -0.447. The van der Waals surface area contributed by atoms with Gasteiger partial charge in [-0.1, -0.05) is 17.7 Å². The van der Waals surface area contributed by atoms with Gasteiger partial charge in [-0.25, -0.2) is 4.68 Å². The van der Waals surface area contributed by atoms with E-state index in [9.17, 15) is 18.0 Å². The molecular weight excluding hydrogens is 385 g/mol. The highest BCUT2D eigenvalue weighted by atomic mass is 19.4. The molecule has 10 heteroatoms. The summed E-state index contributed by atoms with van der Waals surface area (Å²) in [4.78, 5) is 14.1. The first-order valence-corrected chi connectivity index (χ1v) is 9.14. The third-order valence-electron chi connectivity index (χ3n) is 4.96. The van der Waals surface area contributed by atoms with Gasteiger partial charge in [-0.05, 0) is 25.5 Å². The number of nitrogens with zero attached hydrogens (tertiary/aromatic N) is 6. The van der Waals surface area contributed by atoms with Gasteiger partial charge in [0.25, 0.3) is 5.91 Å². The molecule has 0 N–H and O–H groups in total. The maximum atomic E-state index is 13.8. The summed E-state index contributed by atoms with van der Waals surface area (Å²) in [5.74, 6) is 0.628. The zero-order chi connectivity index (χ0) is 20.8. The molecule has 0 saturated heterocycles. The van der Waals surface area contributed by atoms with E-state index in [1.807, 2.05) is 11.5 Å². The maximum Gasteiger partial charge on any atom is 0.434 e. The van der Waals surface area contributed by atoms with Gasteiger partial charge in [-0.3, -0.25) is 4.79 Å². The predicted octanol–water partition coefficient (Wildman–Crippen LogP) is 3.01. The fraction of sp³-hybridized carbons (Fsp3) is 0.368. The third kappa shape index (κ3) is 3.50. The summed E-state index contributed by atoms with van der Waals surface area (Å²) in [6.45, 7) is 2.65. The van der Waals surface area contributed by atoms with Crippen molar-refractivity contribution in [1.82, 2.24) is 29.4 Å². The lowest BCUT2D eigenvalue weighted by Gasteiger charge is -2.18. The van der Waals surface area contributed by atoms with Crippen molar-refractivity contribution in [2.24, 2.45) is 0 Å². The molecule has 1 amide bonds. The van der Waals surface area contributed by atoms with E-state index in [1.165, 1.54) is 24.1 Å². The van der Waals surface area contributed by atoms with Crippen molar-refractivity contribution in [2.75, 3.05) is 7.05 Å². The zero-order valence-electron chi connectivity index (χ0n) is 15.9. The molecule has 152 valence electrons. The van der Waals surface area contributed by atoms with Crippen LogP contribution in [0.25, 0.3) is 5.69 Å². The second-order valence-corrected chi connectivity index (χ2v) is 7.10. The first-order chi connectivity index (χ1) is 13.8. The van der Waals surface area contributed by atoms with Crippen LogP contribution < -0.4 is 0 Å². The number of fused-ring (bicyclic) bond motifs is 1. The van der Waals surface area contributed by atoms with Crippen LogP contribution in [0.1, 0.15) is 39.7 Å².